The Bertz CT molecular complexity index is 681. The van der Waals surface area contributed by atoms with Crippen molar-refractivity contribution in [1.82, 2.24) is 14.7 Å². The summed E-state index contributed by atoms with van der Waals surface area (Å²) < 4.78 is 5.20. The van der Waals surface area contributed by atoms with Gasteiger partial charge in [-0.3, -0.25) is 9.59 Å². The fraction of sp³-hybridized carbons (Fsp3) is 0.600. The number of benzene rings is 1. The van der Waals surface area contributed by atoms with Gasteiger partial charge in [-0.25, -0.2) is 0 Å². The molecule has 0 unspecified atom stereocenters. The number of likely N-dealkylation sites (tertiary alicyclic amines) is 1. The number of rotatable bonds is 4. The number of carbonyl (C=O) groups is 2. The van der Waals surface area contributed by atoms with E-state index < -0.39 is 0 Å². The van der Waals surface area contributed by atoms with Crippen LogP contribution in [-0.4, -0.2) is 79.9 Å². The van der Waals surface area contributed by atoms with Crippen LogP contribution in [0.3, 0.4) is 0 Å². The summed E-state index contributed by atoms with van der Waals surface area (Å²) in [6.45, 7) is 4.91. The van der Waals surface area contributed by atoms with E-state index in [1.54, 1.807) is 25.3 Å². The van der Waals surface area contributed by atoms with Crippen molar-refractivity contribution in [3.05, 3.63) is 28.8 Å². The summed E-state index contributed by atoms with van der Waals surface area (Å²) in [7, 11) is 3.63. The number of ether oxygens (including phenoxy) is 1. The van der Waals surface area contributed by atoms with Gasteiger partial charge in [0.1, 0.15) is 5.75 Å². The number of methoxy groups -OCH3 is 1. The summed E-state index contributed by atoms with van der Waals surface area (Å²) in [5.41, 5.74) is 0.586. The Labute approximate surface area is 166 Å². The fourth-order valence-corrected chi connectivity index (χ4v) is 3.94. The van der Waals surface area contributed by atoms with Gasteiger partial charge in [-0.2, -0.15) is 0 Å². The average molecular weight is 394 g/mol. The number of carbonyl (C=O) groups excluding carboxylic acids is 2. The van der Waals surface area contributed by atoms with Crippen molar-refractivity contribution in [2.75, 3.05) is 53.4 Å². The van der Waals surface area contributed by atoms with Crippen molar-refractivity contribution in [3.63, 3.8) is 0 Å². The van der Waals surface area contributed by atoms with Gasteiger partial charge in [0.2, 0.25) is 5.91 Å². The number of hydrogen-bond donors (Lipinski definition) is 0. The molecule has 0 N–H and O–H groups in total. The molecule has 0 aliphatic carbocycles. The number of piperidine rings is 1. The van der Waals surface area contributed by atoms with Crippen LogP contribution in [0, 0.1) is 5.92 Å². The molecule has 148 valence electrons. The van der Waals surface area contributed by atoms with E-state index in [4.69, 9.17) is 16.3 Å². The highest BCUT2D eigenvalue weighted by molar-refractivity contribution is 6.32. The third-order valence-corrected chi connectivity index (χ3v) is 5.93. The van der Waals surface area contributed by atoms with Gasteiger partial charge >= 0.3 is 0 Å². The van der Waals surface area contributed by atoms with Crippen molar-refractivity contribution in [1.29, 1.82) is 0 Å². The summed E-state index contributed by atoms with van der Waals surface area (Å²) in [5.74, 6) is 1.13. The first-order valence-corrected chi connectivity index (χ1v) is 9.95. The van der Waals surface area contributed by atoms with E-state index in [1.165, 1.54) is 0 Å². The fourth-order valence-electron chi connectivity index (χ4n) is 3.75. The summed E-state index contributed by atoms with van der Waals surface area (Å²) >= 11 is 6.04. The quantitative estimate of drug-likeness (QED) is 0.788. The standard InChI is InChI=1S/C20H28ClN3O3/c1-22-9-11-23(12-10-22)19(25)13-15-5-7-24(8-6-15)20(26)16-3-4-17(21)18(14-16)27-2/h3-4,14-15H,5-13H2,1-2H3. The summed E-state index contributed by atoms with van der Waals surface area (Å²) in [4.78, 5) is 31.3. The molecule has 0 aromatic heterocycles. The van der Waals surface area contributed by atoms with E-state index in [-0.39, 0.29) is 11.8 Å². The van der Waals surface area contributed by atoms with Gasteiger partial charge in [-0.1, -0.05) is 11.6 Å². The molecule has 2 saturated heterocycles. The van der Waals surface area contributed by atoms with Crippen LogP contribution in [0.25, 0.3) is 0 Å². The lowest BCUT2D eigenvalue weighted by Gasteiger charge is -2.35. The third kappa shape index (κ3) is 4.93. The molecule has 2 fully saturated rings. The van der Waals surface area contributed by atoms with Crippen molar-refractivity contribution >= 4 is 23.4 Å². The predicted octanol–water partition coefficient (Wildman–Crippen LogP) is 2.36. The molecule has 2 aliphatic rings. The molecule has 1 aromatic carbocycles. The van der Waals surface area contributed by atoms with E-state index in [2.05, 4.69) is 11.9 Å². The monoisotopic (exact) mass is 393 g/mol. The molecule has 0 spiro atoms. The van der Waals surface area contributed by atoms with Gasteiger partial charge in [0, 0.05) is 51.3 Å². The second-order valence-electron chi connectivity index (χ2n) is 7.47. The minimum atomic E-state index is -0.00573. The highest BCUT2D eigenvalue weighted by Crippen LogP contribution is 2.27. The first-order valence-electron chi connectivity index (χ1n) is 9.57. The Balaban J connectivity index is 1.50. The number of amides is 2. The highest BCUT2D eigenvalue weighted by atomic mass is 35.5. The molecular weight excluding hydrogens is 366 g/mol. The first-order chi connectivity index (χ1) is 13.0. The van der Waals surface area contributed by atoms with Crippen molar-refractivity contribution in [3.8, 4) is 5.75 Å². The van der Waals surface area contributed by atoms with E-state index in [0.29, 0.717) is 41.8 Å². The maximum absolute atomic E-state index is 12.7. The Morgan fingerprint density at radius 3 is 2.37 bits per heavy atom. The van der Waals surface area contributed by atoms with Gasteiger partial charge in [-0.05, 0) is 44.0 Å². The van der Waals surface area contributed by atoms with Gasteiger partial charge in [-0.15, -0.1) is 0 Å². The average Bonchev–Trinajstić information content (AvgIpc) is 2.69. The van der Waals surface area contributed by atoms with Crippen LogP contribution in [0.15, 0.2) is 18.2 Å². The van der Waals surface area contributed by atoms with E-state index in [0.717, 1.165) is 39.0 Å². The molecule has 0 radical (unpaired) electrons. The van der Waals surface area contributed by atoms with Gasteiger partial charge in [0.05, 0.1) is 12.1 Å². The van der Waals surface area contributed by atoms with Crippen molar-refractivity contribution in [2.45, 2.75) is 19.3 Å². The summed E-state index contributed by atoms with van der Waals surface area (Å²) in [6.07, 6.45) is 2.34. The number of piperazine rings is 1. The SMILES string of the molecule is COc1cc(C(=O)N2CCC(CC(=O)N3CCN(C)CC3)CC2)ccc1Cl. The lowest BCUT2D eigenvalue weighted by atomic mass is 9.92. The number of likely N-dealkylation sites (N-methyl/N-ethyl adjacent to an activating group) is 1. The highest BCUT2D eigenvalue weighted by Gasteiger charge is 2.27. The third-order valence-electron chi connectivity index (χ3n) is 5.62. The zero-order valence-electron chi connectivity index (χ0n) is 16.1. The molecule has 2 amide bonds. The lowest BCUT2D eigenvalue weighted by molar-refractivity contribution is -0.134. The molecule has 27 heavy (non-hydrogen) atoms. The van der Waals surface area contributed by atoms with Gasteiger partial charge < -0.3 is 19.4 Å². The van der Waals surface area contributed by atoms with Gasteiger partial charge in [0.25, 0.3) is 5.91 Å². The molecule has 0 atom stereocenters. The maximum Gasteiger partial charge on any atom is 0.253 e. The molecule has 2 aliphatic heterocycles. The van der Waals surface area contributed by atoms with Crippen LogP contribution in [0.4, 0.5) is 0 Å². The zero-order valence-corrected chi connectivity index (χ0v) is 16.9. The predicted molar refractivity (Wildman–Crippen MR) is 105 cm³/mol. The Hall–Kier alpha value is -1.79. The molecule has 1 aromatic rings. The lowest BCUT2D eigenvalue weighted by Crippen LogP contribution is -2.48. The van der Waals surface area contributed by atoms with Crippen LogP contribution >= 0.6 is 11.6 Å². The smallest absolute Gasteiger partial charge is 0.253 e. The van der Waals surface area contributed by atoms with Crippen molar-refractivity contribution < 1.29 is 14.3 Å². The normalized spacial score (nSPS) is 19.2. The van der Waals surface area contributed by atoms with E-state index in [1.807, 2.05) is 9.80 Å². The largest absolute Gasteiger partial charge is 0.495 e. The number of hydrogen-bond acceptors (Lipinski definition) is 4. The van der Waals surface area contributed by atoms with Crippen LogP contribution in [-0.2, 0) is 4.79 Å². The Kier molecular flexibility index (Phi) is 6.60. The van der Waals surface area contributed by atoms with E-state index >= 15 is 0 Å². The minimum Gasteiger partial charge on any atom is -0.495 e. The molecule has 3 rings (SSSR count). The Morgan fingerprint density at radius 2 is 1.74 bits per heavy atom. The van der Waals surface area contributed by atoms with Crippen LogP contribution < -0.4 is 4.74 Å². The minimum absolute atomic E-state index is 0.00573. The van der Waals surface area contributed by atoms with Crippen LogP contribution in [0.2, 0.25) is 5.02 Å². The molecule has 0 bridgehead atoms. The zero-order chi connectivity index (χ0) is 19.4. The Morgan fingerprint density at radius 1 is 1.07 bits per heavy atom. The molecule has 7 heteroatoms. The van der Waals surface area contributed by atoms with Crippen LogP contribution in [0.1, 0.15) is 29.6 Å². The second-order valence-corrected chi connectivity index (χ2v) is 7.88. The molecule has 0 saturated carbocycles. The maximum atomic E-state index is 12.7. The van der Waals surface area contributed by atoms with Crippen LogP contribution in [0.5, 0.6) is 5.75 Å². The molecule has 6 nitrogen and oxygen atoms in total. The van der Waals surface area contributed by atoms with E-state index in [9.17, 15) is 9.59 Å². The van der Waals surface area contributed by atoms with Gasteiger partial charge in [0.15, 0.2) is 0 Å². The number of halogens is 1. The topological polar surface area (TPSA) is 53.1 Å². The van der Waals surface area contributed by atoms with Crippen molar-refractivity contribution in [2.24, 2.45) is 5.92 Å². The molecule has 2 heterocycles. The summed E-state index contributed by atoms with van der Waals surface area (Å²) in [5, 5.41) is 0.496. The summed E-state index contributed by atoms with van der Waals surface area (Å²) in [6, 6.07) is 5.11. The second kappa shape index (κ2) is 8.93. The molecular formula is C20H28ClN3O3. The first kappa shape index (κ1) is 20.0. The number of nitrogens with zero attached hydrogens (tertiary/aromatic N) is 3.